The van der Waals surface area contributed by atoms with Crippen LogP contribution < -0.4 is 14.8 Å². The van der Waals surface area contributed by atoms with Crippen LogP contribution in [0.25, 0.3) is 0 Å². The number of hydrogen-bond donors (Lipinski definition) is 1. The van der Waals surface area contributed by atoms with Gasteiger partial charge in [-0.15, -0.1) is 0 Å². The van der Waals surface area contributed by atoms with Crippen LogP contribution >= 0.6 is 12.2 Å². The van der Waals surface area contributed by atoms with Crippen LogP contribution in [0.2, 0.25) is 0 Å². The minimum atomic E-state index is 0.467. The summed E-state index contributed by atoms with van der Waals surface area (Å²) in [5.74, 6) is 1.61. The standard InChI is InChI=1S/C25H34N2O2S/c1-28-23-16-15-21(24(17-23)29-2)19-27(18-20-11-7-6-8-12-20)25(30)26-22-13-9-4-3-5-10-14-22/h6-8,11-12,15-17,22H,3-5,9-10,13-14,18-19H2,1-2H3,(H,26,30). The Balaban J connectivity index is 1.76. The van der Waals surface area contributed by atoms with Gasteiger partial charge >= 0.3 is 0 Å². The molecule has 0 heterocycles. The van der Waals surface area contributed by atoms with Gasteiger partial charge in [0.2, 0.25) is 0 Å². The van der Waals surface area contributed by atoms with Gasteiger partial charge < -0.3 is 19.7 Å². The summed E-state index contributed by atoms with van der Waals surface area (Å²) in [7, 11) is 3.37. The highest BCUT2D eigenvalue weighted by Gasteiger charge is 2.18. The van der Waals surface area contributed by atoms with Crippen LogP contribution in [-0.2, 0) is 13.1 Å². The quantitative estimate of drug-likeness (QED) is 0.575. The van der Waals surface area contributed by atoms with Crippen LogP contribution in [0.15, 0.2) is 48.5 Å². The molecule has 0 aliphatic heterocycles. The normalized spacial score (nSPS) is 15.0. The lowest BCUT2D eigenvalue weighted by Crippen LogP contribution is -2.44. The van der Waals surface area contributed by atoms with Crippen molar-refractivity contribution >= 4 is 17.3 Å². The van der Waals surface area contributed by atoms with E-state index in [4.69, 9.17) is 21.7 Å². The second kappa shape index (κ2) is 11.8. The highest BCUT2D eigenvalue weighted by atomic mass is 32.1. The third kappa shape index (κ3) is 6.63. The molecule has 0 unspecified atom stereocenters. The van der Waals surface area contributed by atoms with Crippen molar-refractivity contribution in [2.45, 2.75) is 64.1 Å². The summed E-state index contributed by atoms with van der Waals surface area (Å²) in [5.41, 5.74) is 2.34. The van der Waals surface area contributed by atoms with Crippen molar-refractivity contribution in [3.8, 4) is 11.5 Å². The minimum Gasteiger partial charge on any atom is -0.497 e. The summed E-state index contributed by atoms with van der Waals surface area (Å²) < 4.78 is 11.0. The van der Waals surface area contributed by atoms with Crippen molar-refractivity contribution in [2.24, 2.45) is 0 Å². The second-order valence-electron chi connectivity index (χ2n) is 8.01. The summed E-state index contributed by atoms with van der Waals surface area (Å²) >= 11 is 5.91. The Morgan fingerprint density at radius 3 is 2.30 bits per heavy atom. The molecule has 1 fully saturated rings. The summed E-state index contributed by atoms with van der Waals surface area (Å²) in [5, 5.41) is 4.50. The number of thiocarbonyl (C=S) groups is 1. The molecule has 162 valence electrons. The van der Waals surface area contributed by atoms with Crippen molar-refractivity contribution in [3.63, 3.8) is 0 Å². The first-order valence-corrected chi connectivity index (χ1v) is 11.4. The van der Waals surface area contributed by atoms with E-state index in [0.29, 0.717) is 12.6 Å². The second-order valence-corrected chi connectivity index (χ2v) is 8.40. The van der Waals surface area contributed by atoms with E-state index >= 15 is 0 Å². The summed E-state index contributed by atoms with van der Waals surface area (Å²) in [6.45, 7) is 1.44. The molecule has 0 aromatic heterocycles. The van der Waals surface area contributed by atoms with E-state index in [1.165, 1.54) is 50.5 Å². The maximum absolute atomic E-state index is 5.91. The molecule has 1 aliphatic carbocycles. The molecule has 0 saturated heterocycles. The number of hydrogen-bond acceptors (Lipinski definition) is 3. The monoisotopic (exact) mass is 426 g/mol. The fourth-order valence-corrected chi connectivity index (χ4v) is 4.35. The molecule has 3 rings (SSSR count). The lowest BCUT2D eigenvalue weighted by Gasteiger charge is -2.30. The minimum absolute atomic E-state index is 0.467. The average molecular weight is 427 g/mol. The molecule has 0 radical (unpaired) electrons. The molecule has 4 nitrogen and oxygen atoms in total. The molecule has 2 aromatic rings. The van der Waals surface area contributed by atoms with Crippen LogP contribution in [0.3, 0.4) is 0 Å². The smallest absolute Gasteiger partial charge is 0.169 e. The fraction of sp³-hybridized carbons (Fsp3) is 0.480. The lowest BCUT2D eigenvalue weighted by atomic mass is 9.97. The number of nitrogens with one attached hydrogen (secondary N) is 1. The number of methoxy groups -OCH3 is 2. The zero-order valence-corrected chi connectivity index (χ0v) is 19.0. The molecule has 0 amide bonds. The first-order chi connectivity index (χ1) is 14.7. The first kappa shape index (κ1) is 22.4. The van der Waals surface area contributed by atoms with Crippen molar-refractivity contribution in [2.75, 3.05) is 14.2 Å². The number of benzene rings is 2. The third-order valence-corrected chi connectivity index (χ3v) is 6.17. The first-order valence-electron chi connectivity index (χ1n) is 11.0. The predicted octanol–water partition coefficient (Wildman–Crippen LogP) is 5.69. The van der Waals surface area contributed by atoms with Gasteiger partial charge in [-0.3, -0.25) is 0 Å². The molecule has 1 saturated carbocycles. The van der Waals surface area contributed by atoms with Crippen molar-refractivity contribution in [1.82, 2.24) is 10.2 Å². The van der Waals surface area contributed by atoms with Crippen LogP contribution in [0.5, 0.6) is 11.5 Å². The molecule has 0 bridgehead atoms. The SMILES string of the molecule is COc1ccc(CN(Cc2ccccc2)C(=S)NC2CCCCCCC2)c(OC)c1. The van der Waals surface area contributed by atoms with E-state index in [-0.39, 0.29) is 0 Å². The zero-order chi connectivity index (χ0) is 21.2. The highest BCUT2D eigenvalue weighted by molar-refractivity contribution is 7.80. The predicted molar refractivity (Wildman–Crippen MR) is 127 cm³/mol. The van der Waals surface area contributed by atoms with Crippen molar-refractivity contribution in [1.29, 1.82) is 0 Å². The molecule has 1 N–H and O–H groups in total. The van der Waals surface area contributed by atoms with Gasteiger partial charge in [-0.25, -0.2) is 0 Å². The van der Waals surface area contributed by atoms with Crippen LogP contribution in [0, 0.1) is 0 Å². The van der Waals surface area contributed by atoms with Gasteiger partial charge in [0.25, 0.3) is 0 Å². The van der Waals surface area contributed by atoms with Crippen molar-refractivity contribution in [3.05, 3.63) is 59.7 Å². The van der Waals surface area contributed by atoms with E-state index in [1.807, 2.05) is 18.2 Å². The Morgan fingerprint density at radius 1 is 0.933 bits per heavy atom. The molecule has 0 atom stereocenters. The summed E-state index contributed by atoms with van der Waals surface area (Å²) in [6, 6.07) is 16.9. The van der Waals surface area contributed by atoms with Crippen LogP contribution in [-0.4, -0.2) is 30.3 Å². The van der Waals surface area contributed by atoms with E-state index in [2.05, 4.69) is 40.5 Å². The molecule has 5 heteroatoms. The average Bonchev–Trinajstić information content (AvgIpc) is 2.76. The van der Waals surface area contributed by atoms with Gasteiger partial charge in [0.1, 0.15) is 11.5 Å². The molecular formula is C25H34N2O2S. The highest BCUT2D eigenvalue weighted by Crippen LogP contribution is 2.26. The molecule has 30 heavy (non-hydrogen) atoms. The third-order valence-electron chi connectivity index (χ3n) is 5.79. The Morgan fingerprint density at radius 2 is 1.63 bits per heavy atom. The molecule has 0 spiro atoms. The number of nitrogens with zero attached hydrogens (tertiary/aromatic N) is 1. The summed E-state index contributed by atoms with van der Waals surface area (Å²) in [4.78, 5) is 2.24. The van der Waals surface area contributed by atoms with Gasteiger partial charge in [-0.2, -0.15) is 0 Å². The molecule has 2 aromatic carbocycles. The van der Waals surface area contributed by atoms with Crippen LogP contribution in [0.1, 0.15) is 56.1 Å². The lowest BCUT2D eigenvalue weighted by molar-refractivity contribution is 0.354. The fourth-order valence-electron chi connectivity index (χ4n) is 4.06. The summed E-state index contributed by atoms with van der Waals surface area (Å²) in [6.07, 6.45) is 9.00. The Bertz CT molecular complexity index is 789. The largest absolute Gasteiger partial charge is 0.497 e. The number of ether oxygens (including phenoxy) is 2. The van der Waals surface area contributed by atoms with E-state index in [1.54, 1.807) is 14.2 Å². The van der Waals surface area contributed by atoms with E-state index in [0.717, 1.165) is 28.7 Å². The Kier molecular flexibility index (Phi) is 8.81. The zero-order valence-electron chi connectivity index (χ0n) is 18.2. The Labute approximate surface area is 186 Å². The van der Waals surface area contributed by atoms with Crippen molar-refractivity contribution < 1.29 is 9.47 Å². The molecule has 1 aliphatic rings. The van der Waals surface area contributed by atoms with Gasteiger partial charge in [0.05, 0.1) is 14.2 Å². The van der Waals surface area contributed by atoms with E-state index in [9.17, 15) is 0 Å². The van der Waals surface area contributed by atoms with Gasteiger partial charge in [-0.1, -0.05) is 62.4 Å². The van der Waals surface area contributed by atoms with E-state index < -0.39 is 0 Å². The maximum Gasteiger partial charge on any atom is 0.169 e. The van der Waals surface area contributed by atoms with Gasteiger partial charge in [0, 0.05) is 30.8 Å². The van der Waals surface area contributed by atoms with Gasteiger partial charge in [-0.05, 0) is 42.8 Å². The Hall–Kier alpha value is -2.27. The van der Waals surface area contributed by atoms with Gasteiger partial charge in [0.15, 0.2) is 5.11 Å². The topological polar surface area (TPSA) is 33.7 Å². The molecular weight excluding hydrogens is 392 g/mol. The maximum atomic E-state index is 5.91. The number of rotatable bonds is 7. The van der Waals surface area contributed by atoms with Crippen LogP contribution in [0.4, 0.5) is 0 Å².